The third-order valence-corrected chi connectivity index (χ3v) is 3.94. The summed E-state index contributed by atoms with van der Waals surface area (Å²) in [6, 6.07) is 3.18. The van der Waals surface area contributed by atoms with Gasteiger partial charge in [-0.05, 0) is 18.2 Å². The molecule has 0 fully saturated rings. The minimum Gasteiger partial charge on any atom is -0.396 e. The van der Waals surface area contributed by atoms with E-state index in [2.05, 4.69) is 0 Å². The lowest BCUT2D eigenvalue weighted by atomic mass is 10.3. The maximum Gasteiger partial charge on any atom is 0.242 e. The Kier molecular flexibility index (Phi) is 3.84. The van der Waals surface area contributed by atoms with Gasteiger partial charge in [0.1, 0.15) is 5.82 Å². The monoisotopic (exact) mass is 248 g/mol. The summed E-state index contributed by atoms with van der Waals surface area (Å²) in [5, 5.41) is 8.65. The third-order valence-electron chi connectivity index (χ3n) is 2.09. The van der Waals surface area contributed by atoms with Gasteiger partial charge in [0, 0.05) is 13.6 Å². The van der Waals surface area contributed by atoms with Crippen molar-refractivity contribution in [3.05, 3.63) is 24.0 Å². The number of likely N-dealkylation sites (N-methyl/N-ethyl adjacent to an activating group) is 1. The van der Waals surface area contributed by atoms with E-state index in [4.69, 9.17) is 10.8 Å². The Bertz CT molecular complexity index is 476. The maximum absolute atomic E-state index is 12.9. The van der Waals surface area contributed by atoms with Crippen LogP contribution in [-0.4, -0.2) is 38.0 Å². The van der Waals surface area contributed by atoms with Gasteiger partial charge in [0.15, 0.2) is 0 Å². The van der Waals surface area contributed by atoms with E-state index in [1.807, 2.05) is 0 Å². The highest BCUT2D eigenvalue weighted by atomic mass is 32.2. The van der Waals surface area contributed by atoms with Crippen molar-refractivity contribution < 1.29 is 17.9 Å². The summed E-state index contributed by atoms with van der Waals surface area (Å²) >= 11 is 0. The molecule has 1 aromatic rings. The number of nitrogens with zero attached hydrogens (tertiary/aromatic N) is 1. The summed E-state index contributed by atoms with van der Waals surface area (Å²) in [5.74, 6) is -0.663. The van der Waals surface area contributed by atoms with E-state index in [1.165, 1.54) is 7.05 Å². The second-order valence-electron chi connectivity index (χ2n) is 3.23. The highest BCUT2D eigenvalue weighted by Crippen LogP contribution is 2.19. The maximum atomic E-state index is 12.9. The van der Waals surface area contributed by atoms with E-state index in [0.29, 0.717) is 0 Å². The lowest BCUT2D eigenvalue weighted by molar-refractivity contribution is 0.266. The second-order valence-corrected chi connectivity index (χ2v) is 5.28. The number of hydrogen-bond donors (Lipinski definition) is 2. The van der Waals surface area contributed by atoms with Gasteiger partial charge >= 0.3 is 0 Å². The van der Waals surface area contributed by atoms with Crippen LogP contribution in [0.2, 0.25) is 0 Å². The summed E-state index contributed by atoms with van der Waals surface area (Å²) < 4.78 is 37.5. The molecule has 0 unspecified atom stereocenters. The molecular weight excluding hydrogens is 235 g/mol. The molecule has 0 amide bonds. The normalized spacial score (nSPS) is 12.0. The molecule has 0 aliphatic heterocycles. The molecule has 90 valence electrons. The zero-order chi connectivity index (χ0) is 12.3. The Morgan fingerprint density at radius 3 is 2.62 bits per heavy atom. The van der Waals surface area contributed by atoms with Crippen LogP contribution in [0.4, 0.5) is 10.1 Å². The number of nitrogen functional groups attached to an aromatic ring is 1. The molecule has 0 spiro atoms. The first kappa shape index (κ1) is 12.9. The fraction of sp³-hybridized carbons (Fsp3) is 0.333. The van der Waals surface area contributed by atoms with Gasteiger partial charge in [-0.3, -0.25) is 0 Å². The van der Waals surface area contributed by atoms with Crippen LogP contribution in [0.5, 0.6) is 0 Å². The van der Waals surface area contributed by atoms with Crippen LogP contribution < -0.4 is 5.73 Å². The molecule has 1 rings (SSSR count). The number of aliphatic hydroxyl groups is 1. The van der Waals surface area contributed by atoms with Gasteiger partial charge in [0.05, 0.1) is 17.2 Å². The fourth-order valence-corrected chi connectivity index (χ4v) is 2.32. The van der Waals surface area contributed by atoms with Crippen molar-refractivity contribution in [2.45, 2.75) is 4.90 Å². The number of anilines is 1. The van der Waals surface area contributed by atoms with Gasteiger partial charge in [0.2, 0.25) is 10.0 Å². The van der Waals surface area contributed by atoms with Gasteiger partial charge in [-0.2, -0.15) is 4.31 Å². The van der Waals surface area contributed by atoms with Gasteiger partial charge < -0.3 is 10.8 Å². The average molecular weight is 248 g/mol. The Morgan fingerprint density at radius 2 is 2.12 bits per heavy atom. The molecular formula is C9H13FN2O3S. The summed E-state index contributed by atoms with van der Waals surface area (Å²) in [7, 11) is -2.39. The Balaban J connectivity index is 3.12. The van der Waals surface area contributed by atoms with Gasteiger partial charge in [-0.15, -0.1) is 0 Å². The molecule has 0 saturated carbocycles. The minimum absolute atomic E-state index is 0.0282. The Hall–Kier alpha value is -1.18. The molecule has 0 aliphatic carbocycles. The summed E-state index contributed by atoms with van der Waals surface area (Å²) in [4.78, 5) is -0.0950. The van der Waals surface area contributed by atoms with Crippen molar-refractivity contribution in [2.75, 3.05) is 25.9 Å². The first-order valence-electron chi connectivity index (χ1n) is 4.52. The number of sulfonamides is 1. The molecule has 0 bridgehead atoms. The van der Waals surface area contributed by atoms with Gasteiger partial charge in [0.25, 0.3) is 0 Å². The average Bonchev–Trinajstić information content (AvgIpc) is 2.22. The quantitative estimate of drug-likeness (QED) is 0.736. The van der Waals surface area contributed by atoms with Crippen LogP contribution in [0.3, 0.4) is 0 Å². The van der Waals surface area contributed by atoms with E-state index in [1.54, 1.807) is 0 Å². The predicted octanol–water partition coefficient (Wildman–Crippen LogP) is 0.0207. The Morgan fingerprint density at radius 1 is 1.50 bits per heavy atom. The molecule has 1 aromatic carbocycles. The minimum atomic E-state index is -3.71. The summed E-state index contributed by atoms with van der Waals surface area (Å²) in [5.41, 5.74) is 5.06. The molecule has 0 atom stereocenters. The standard InChI is InChI=1S/C9H13FN2O3S/c1-12(4-5-13)16(14,15)7-2-3-8(10)9(11)6-7/h2-3,6,13H,4-5,11H2,1H3. The zero-order valence-electron chi connectivity index (χ0n) is 8.72. The second kappa shape index (κ2) is 4.77. The van der Waals surface area contributed by atoms with Crippen molar-refractivity contribution in [3.63, 3.8) is 0 Å². The van der Waals surface area contributed by atoms with Gasteiger partial charge in [-0.25, -0.2) is 12.8 Å². The van der Waals surface area contributed by atoms with Crippen LogP contribution in [0, 0.1) is 5.82 Å². The first-order chi connectivity index (χ1) is 7.39. The third kappa shape index (κ3) is 2.49. The number of nitrogens with two attached hydrogens (primary N) is 1. The van der Waals surface area contributed by atoms with E-state index in [0.717, 1.165) is 22.5 Å². The van der Waals surface area contributed by atoms with E-state index < -0.39 is 15.8 Å². The van der Waals surface area contributed by atoms with Crippen molar-refractivity contribution in [1.29, 1.82) is 0 Å². The topological polar surface area (TPSA) is 83.6 Å². The Labute approximate surface area is 93.3 Å². The first-order valence-corrected chi connectivity index (χ1v) is 5.96. The van der Waals surface area contributed by atoms with E-state index in [9.17, 15) is 12.8 Å². The smallest absolute Gasteiger partial charge is 0.242 e. The van der Waals surface area contributed by atoms with E-state index >= 15 is 0 Å². The zero-order valence-corrected chi connectivity index (χ0v) is 9.54. The molecule has 5 nitrogen and oxygen atoms in total. The summed E-state index contributed by atoms with van der Waals surface area (Å²) in [6.45, 7) is -0.313. The predicted molar refractivity (Wildman–Crippen MR) is 57.7 cm³/mol. The molecule has 0 saturated heterocycles. The molecule has 0 aromatic heterocycles. The lowest BCUT2D eigenvalue weighted by Gasteiger charge is -2.16. The number of hydrogen-bond acceptors (Lipinski definition) is 4. The van der Waals surface area contributed by atoms with Crippen LogP contribution in [0.25, 0.3) is 0 Å². The van der Waals surface area contributed by atoms with Crippen molar-refractivity contribution >= 4 is 15.7 Å². The molecule has 0 radical (unpaired) electrons. The lowest BCUT2D eigenvalue weighted by Crippen LogP contribution is -2.29. The molecule has 0 aliphatic rings. The van der Waals surface area contributed by atoms with Crippen LogP contribution in [-0.2, 0) is 10.0 Å². The van der Waals surface area contributed by atoms with Crippen LogP contribution in [0.1, 0.15) is 0 Å². The summed E-state index contributed by atoms with van der Waals surface area (Å²) in [6.07, 6.45) is 0. The van der Waals surface area contributed by atoms with Crippen LogP contribution >= 0.6 is 0 Å². The number of aliphatic hydroxyl groups excluding tert-OH is 1. The van der Waals surface area contributed by atoms with Crippen molar-refractivity contribution in [1.82, 2.24) is 4.31 Å². The molecule has 3 N–H and O–H groups in total. The molecule has 16 heavy (non-hydrogen) atoms. The highest BCUT2D eigenvalue weighted by Gasteiger charge is 2.20. The van der Waals surface area contributed by atoms with Crippen LogP contribution in [0.15, 0.2) is 23.1 Å². The van der Waals surface area contributed by atoms with Gasteiger partial charge in [-0.1, -0.05) is 0 Å². The SMILES string of the molecule is CN(CCO)S(=O)(=O)c1ccc(F)c(N)c1. The van der Waals surface area contributed by atoms with Crippen molar-refractivity contribution in [3.8, 4) is 0 Å². The number of rotatable bonds is 4. The van der Waals surface area contributed by atoms with E-state index in [-0.39, 0.29) is 23.7 Å². The van der Waals surface area contributed by atoms with Crippen molar-refractivity contribution in [2.24, 2.45) is 0 Å². The number of halogens is 1. The molecule has 0 heterocycles. The fourth-order valence-electron chi connectivity index (χ4n) is 1.12. The highest BCUT2D eigenvalue weighted by molar-refractivity contribution is 7.89. The number of benzene rings is 1. The largest absolute Gasteiger partial charge is 0.396 e. The molecule has 7 heteroatoms.